The van der Waals surface area contributed by atoms with Gasteiger partial charge in [0.05, 0.1) is 10.9 Å². The van der Waals surface area contributed by atoms with Crippen molar-refractivity contribution in [2.24, 2.45) is 0 Å². The molecule has 32 heavy (non-hydrogen) atoms. The van der Waals surface area contributed by atoms with Crippen LogP contribution in [-0.2, 0) is 30.8 Å². The first-order valence-corrected chi connectivity index (χ1v) is 11.5. The van der Waals surface area contributed by atoms with Crippen molar-refractivity contribution in [3.8, 4) is 0 Å². The number of rotatable bonds is 8. The molecule has 0 N–H and O–H groups in total. The van der Waals surface area contributed by atoms with Crippen molar-refractivity contribution in [2.75, 3.05) is 6.54 Å². The van der Waals surface area contributed by atoms with Crippen LogP contribution in [0.15, 0.2) is 81.7 Å². The maximum absolute atomic E-state index is 13.3. The maximum atomic E-state index is 13.3. The number of benzene rings is 2. The van der Waals surface area contributed by atoms with Gasteiger partial charge in [-0.05, 0) is 42.5 Å². The fraction of sp³-hybridized carbons (Fsp3) is 0.240. The van der Waals surface area contributed by atoms with E-state index >= 15 is 0 Å². The summed E-state index contributed by atoms with van der Waals surface area (Å²) in [4.78, 5) is 42.4. The van der Waals surface area contributed by atoms with Crippen molar-refractivity contribution in [1.29, 1.82) is 0 Å². The first kappa shape index (κ1) is 21.8. The number of carbonyl (C=O) groups is 1. The zero-order chi connectivity index (χ0) is 22.5. The first-order chi connectivity index (χ1) is 15.6. The molecule has 0 radical (unpaired) electrons. The lowest BCUT2D eigenvalue weighted by Gasteiger charge is -2.22. The topological polar surface area (TPSA) is 64.3 Å². The normalized spacial score (nSPS) is 11.0. The molecule has 0 aliphatic rings. The second-order valence-electron chi connectivity index (χ2n) is 7.57. The van der Waals surface area contributed by atoms with E-state index in [2.05, 4.69) is 0 Å². The van der Waals surface area contributed by atoms with Crippen molar-refractivity contribution < 1.29 is 4.79 Å². The summed E-state index contributed by atoms with van der Waals surface area (Å²) in [5, 5.41) is 2.42. The minimum Gasteiger partial charge on any atom is -0.337 e. The van der Waals surface area contributed by atoms with Gasteiger partial charge in [-0.1, -0.05) is 48.5 Å². The zero-order valence-electron chi connectivity index (χ0n) is 17.9. The minimum atomic E-state index is -0.450. The number of aryl methyl sites for hydroxylation is 1. The molecular weight excluding hydrogens is 422 g/mol. The van der Waals surface area contributed by atoms with Crippen LogP contribution in [0.4, 0.5) is 0 Å². The molecule has 1 amide bonds. The molecule has 4 aromatic rings. The van der Waals surface area contributed by atoms with E-state index in [-0.39, 0.29) is 24.6 Å². The van der Waals surface area contributed by atoms with E-state index < -0.39 is 5.69 Å². The summed E-state index contributed by atoms with van der Waals surface area (Å²) in [6, 6.07) is 20.7. The Morgan fingerprint density at radius 1 is 0.938 bits per heavy atom. The van der Waals surface area contributed by atoms with Gasteiger partial charge in [-0.3, -0.25) is 18.7 Å². The summed E-state index contributed by atoms with van der Waals surface area (Å²) in [5.41, 5.74) is 0.747. The highest BCUT2D eigenvalue weighted by Crippen LogP contribution is 2.12. The monoisotopic (exact) mass is 447 g/mol. The van der Waals surface area contributed by atoms with Crippen LogP contribution in [0.5, 0.6) is 0 Å². The molecule has 2 heterocycles. The van der Waals surface area contributed by atoms with Crippen molar-refractivity contribution in [3.63, 3.8) is 0 Å². The Labute approximate surface area is 190 Å². The predicted octanol–water partition coefficient (Wildman–Crippen LogP) is 3.52. The summed E-state index contributed by atoms with van der Waals surface area (Å²) in [7, 11) is 0. The molecule has 0 unspecified atom stereocenters. The second-order valence-corrected chi connectivity index (χ2v) is 8.60. The molecule has 164 valence electrons. The summed E-state index contributed by atoms with van der Waals surface area (Å²) in [5.74, 6) is -0.160. The number of carbonyl (C=O) groups excluding carboxylic acids is 1. The smallest absolute Gasteiger partial charge is 0.331 e. The number of nitrogens with zero attached hydrogens (tertiary/aromatic N) is 3. The molecule has 0 aliphatic carbocycles. The molecule has 2 aromatic heterocycles. The largest absolute Gasteiger partial charge is 0.337 e. The van der Waals surface area contributed by atoms with Crippen molar-refractivity contribution in [2.45, 2.75) is 33.0 Å². The molecule has 0 bridgehead atoms. The van der Waals surface area contributed by atoms with Crippen molar-refractivity contribution in [1.82, 2.24) is 14.0 Å². The third-order valence-corrected chi connectivity index (χ3v) is 6.47. The number of amides is 1. The molecule has 2 aromatic carbocycles. The van der Waals surface area contributed by atoms with Gasteiger partial charge >= 0.3 is 5.69 Å². The SMILES string of the molecule is CCN(Cc1ccccc1)C(=O)Cn1c(=O)n(CCc2cccs2)c(=O)c2ccccc21. The van der Waals surface area contributed by atoms with Gasteiger partial charge in [0.15, 0.2) is 0 Å². The fourth-order valence-corrected chi connectivity index (χ4v) is 4.51. The number of hydrogen-bond donors (Lipinski definition) is 0. The highest BCUT2D eigenvalue weighted by molar-refractivity contribution is 7.09. The van der Waals surface area contributed by atoms with Crippen LogP contribution < -0.4 is 11.2 Å². The summed E-state index contributed by atoms with van der Waals surface area (Å²) >= 11 is 1.60. The Bertz CT molecular complexity index is 1320. The van der Waals surface area contributed by atoms with Gasteiger partial charge in [0.1, 0.15) is 6.54 Å². The Hall–Kier alpha value is -3.45. The predicted molar refractivity (Wildman–Crippen MR) is 128 cm³/mol. The Balaban J connectivity index is 1.68. The fourth-order valence-electron chi connectivity index (χ4n) is 3.81. The van der Waals surface area contributed by atoms with Gasteiger partial charge < -0.3 is 4.90 Å². The molecule has 0 aliphatic heterocycles. The molecule has 7 heteroatoms. The Morgan fingerprint density at radius 3 is 2.41 bits per heavy atom. The zero-order valence-corrected chi connectivity index (χ0v) is 18.8. The quantitative estimate of drug-likeness (QED) is 0.415. The van der Waals surface area contributed by atoms with Crippen molar-refractivity contribution in [3.05, 3.63) is 103 Å². The van der Waals surface area contributed by atoms with E-state index in [1.807, 2.05) is 54.8 Å². The lowest BCUT2D eigenvalue weighted by Crippen LogP contribution is -2.43. The van der Waals surface area contributed by atoms with Crippen LogP contribution in [0, 0.1) is 0 Å². The van der Waals surface area contributed by atoms with Crippen LogP contribution in [0.25, 0.3) is 10.9 Å². The molecule has 0 saturated heterocycles. The maximum Gasteiger partial charge on any atom is 0.331 e. The minimum absolute atomic E-state index is 0.112. The van der Waals surface area contributed by atoms with Crippen LogP contribution in [0.2, 0.25) is 0 Å². The average Bonchev–Trinajstić information content (AvgIpc) is 3.34. The van der Waals surface area contributed by atoms with Gasteiger partial charge in [-0.2, -0.15) is 0 Å². The van der Waals surface area contributed by atoms with E-state index in [0.717, 1.165) is 10.4 Å². The third-order valence-electron chi connectivity index (χ3n) is 5.54. The van der Waals surface area contributed by atoms with E-state index in [1.165, 1.54) is 9.13 Å². The lowest BCUT2D eigenvalue weighted by atomic mass is 10.2. The van der Waals surface area contributed by atoms with Crippen LogP contribution in [-0.4, -0.2) is 26.5 Å². The van der Waals surface area contributed by atoms with Gasteiger partial charge in [0.2, 0.25) is 5.91 Å². The molecule has 0 atom stereocenters. The highest BCUT2D eigenvalue weighted by Gasteiger charge is 2.18. The van der Waals surface area contributed by atoms with Crippen LogP contribution in [0.1, 0.15) is 17.4 Å². The number of likely N-dealkylation sites (N-methyl/N-ethyl adjacent to an activating group) is 1. The molecule has 6 nitrogen and oxygen atoms in total. The van der Waals surface area contributed by atoms with Gasteiger partial charge in [0.25, 0.3) is 5.56 Å². The van der Waals surface area contributed by atoms with Gasteiger partial charge in [-0.15, -0.1) is 11.3 Å². The van der Waals surface area contributed by atoms with Crippen LogP contribution in [0.3, 0.4) is 0 Å². The van der Waals surface area contributed by atoms with E-state index in [9.17, 15) is 14.4 Å². The molecular formula is C25H25N3O3S. The number of aromatic nitrogens is 2. The summed E-state index contributed by atoms with van der Waals surface area (Å²) < 4.78 is 2.68. The van der Waals surface area contributed by atoms with E-state index in [1.54, 1.807) is 40.5 Å². The Morgan fingerprint density at radius 2 is 1.69 bits per heavy atom. The number of para-hydroxylation sites is 1. The second kappa shape index (κ2) is 9.78. The van der Waals surface area contributed by atoms with E-state index in [4.69, 9.17) is 0 Å². The number of hydrogen-bond acceptors (Lipinski definition) is 4. The average molecular weight is 448 g/mol. The van der Waals surface area contributed by atoms with E-state index in [0.29, 0.717) is 30.4 Å². The molecule has 0 saturated carbocycles. The molecule has 0 fully saturated rings. The lowest BCUT2D eigenvalue weighted by molar-refractivity contribution is -0.132. The standard InChI is InChI=1S/C25H25N3O3S/c1-2-26(17-19-9-4-3-5-10-19)23(29)18-28-22-13-7-6-12-21(22)24(30)27(25(28)31)15-14-20-11-8-16-32-20/h3-13,16H,2,14-15,17-18H2,1H3. The number of fused-ring (bicyclic) bond motifs is 1. The number of thiophene rings is 1. The van der Waals surface area contributed by atoms with Gasteiger partial charge in [-0.25, -0.2) is 4.79 Å². The Kier molecular flexibility index (Phi) is 6.66. The van der Waals surface area contributed by atoms with Crippen LogP contribution >= 0.6 is 11.3 Å². The van der Waals surface area contributed by atoms with Crippen molar-refractivity contribution >= 4 is 28.1 Å². The summed E-state index contributed by atoms with van der Waals surface area (Å²) in [6.07, 6.45) is 0.591. The van der Waals surface area contributed by atoms with Gasteiger partial charge in [0, 0.05) is 24.5 Å². The summed E-state index contributed by atoms with van der Waals surface area (Å²) in [6.45, 7) is 3.08. The third kappa shape index (κ3) is 4.57. The first-order valence-electron chi connectivity index (χ1n) is 10.6. The molecule has 0 spiro atoms. The highest BCUT2D eigenvalue weighted by atomic mass is 32.1. The molecule has 4 rings (SSSR count).